The molecule has 126 valence electrons. The van der Waals surface area contributed by atoms with Gasteiger partial charge in [0.2, 0.25) is 0 Å². The number of carbonyl (C=O) groups is 1. The van der Waals surface area contributed by atoms with Crippen molar-refractivity contribution < 1.29 is 23.1 Å². The van der Waals surface area contributed by atoms with Crippen molar-refractivity contribution in [1.82, 2.24) is 9.78 Å². The molecule has 24 heavy (non-hydrogen) atoms. The van der Waals surface area contributed by atoms with Gasteiger partial charge < -0.3 is 10.0 Å². The van der Waals surface area contributed by atoms with Crippen LogP contribution in [0.15, 0.2) is 30.6 Å². The van der Waals surface area contributed by atoms with E-state index >= 15 is 0 Å². The van der Waals surface area contributed by atoms with Crippen LogP contribution in [0.3, 0.4) is 0 Å². The fraction of sp³-hybridized carbons (Fsp3) is 0.375. The Morgan fingerprint density at radius 2 is 2.04 bits per heavy atom. The fourth-order valence-electron chi connectivity index (χ4n) is 3.31. The van der Waals surface area contributed by atoms with Crippen molar-refractivity contribution in [2.75, 3.05) is 18.0 Å². The summed E-state index contributed by atoms with van der Waals surface area (Å²) in [4.78, 5) is 12.6. The third-order valence-corrected chi connectivity index (χ3v) is 4.81. The maximum Gasteiger partial charge on any atom is 0.338 e. The summed E-state index contributed by atoms with van der Waals surface area (Å²) in [5.74, 6) is -5.34. The van der Waals surface area contributed by atoms with Crippen LogP contribution < -0.4 is 4.90 Å². The SMILES string of the molecule is O=C(O)c1cnn(Cc2ccc(N3CC4C(C3)C4(F)F)cc2F)c1. The Morgan fingerprint density at radius 3 is 2.62 bits per heavy atom. The minimum Gasteiger partial charge on any atom is -0.478 e. The van der Waals surface area contributed by atoms with E-state index < -0.39 is 29.5 Å². The summed E-state index contributed by atoms with van der Waals surface area (Å²) in [6, 6.07) is 4.61. The Balaban J connectivity index is 1.47. The van der Waals surface area contributed by atoms with Crippen LogP contribution in [0.2, 0.25) is 0 Å². The first-order valence-electron chi connectivity index (χ1n) is 7.53. The molecular weight excluding hydrogens is 323 g/mol. The van der Waals surface area contributed by atoms with Crippen molar-refractivity contribution in [3.63, 3.8) is 0 Å². The third-order valence-electron chi connectivity index (χ3n) is 4.81. The summed E-state index contributed by atoms with van der Waals surface area (Å²) in [5, 5.41) is 12.7. The number of hydrogen-bond acceptors (Lipinski definition) is 3. The molecule has 2 aromatic rings. The van der Waals surface area contributed by atoms with Crippen LogP contribution in [0.25, 0.3) is 0 Å². The number of alkyl halides is 2. The Morgan fingerprint density at radius 1 is 1.33 bits per heavy atom. The minimum atomic E-state index is -2.56. The lowest BCUT2D eigenvalue weighted by Crippen LogP contribution is -2.27. The summed E-state index contributed by atoms with van der Waals surface area (Å²) in [6.45, 7) is 0.595. The number of rotatable bonds is 4. The molecule has 2 heterocycles. The number of carboxylic acid groups (broad SMARTS) is 1. The van der Waals surface area contributed by atoms with E-state index in [0.29, 0.717) is 11.3 Å². The molecule has 1 aromatic carbocycles. The number of piperidine rings is 1. The van der Waals surface area contributed by atoms with Gasteiger partial charge in [-0.15, -0.1) is 0 Å². The average Bonchev–Trinajstić information content (AvgIpc) is 3.00. The molecule has 5 nitrogen and oxygen atoms in total. The molecule has 2 unspecified atom stereocenters. The topological polar surface area (TPSA) is 58.4 Å². The van der Waals surface area contributed by atoms with Gasteiger partial charge in [-0.2, -0.15) is 5.10 Å². The van der Waals surface area contributed by atoms with Crippen molar-refractivity contribution in [2.45, 2.75) is 12.5 Å². The first kappa shape index (κ1) is 15.0. The molecule has 1 N–H and O–H groups in total. The fourth-order valence-corrected chi connectivity index (χ4v) is 3.31. The summed E-state index contributed by atoms with van der Waals surface area (Å²) in [5.41, 5.74) is 0.976. The van der Waals surface area contributed by atoms with E-state index in [4.69, 9.17) is 5.11 Å². The standard InChI is InChI=1S/C16H14F3N3O2/c17-14-3-11(21-7-12-13(8-21)16(12,18)19)2-1-9(14)5-22-6-10(4-20-22)15(23)24/h1-4,6,12-13H,5,7-8H2,(H,23,24). The van der Waals surface area contributed by atoms with Crippen molar-refractivity contribution in [1.29, 1.82) is 0 Å². The zero-order chi connectivity index (χ0) is 17.1. The molecule has 8 heteroatoms. The number of aromatic carboxylic acids is 1. The number of carboxylic acids is 1. The number of fused-ring (bicyclic) bond motifs is 1. The molecule has 2 atom stereocenters. The molecule has 2 fully saturated rings. The van der Waals surface area contributed by atoms with Gasteiger partial charge in [-0.25, -0.2) is 18.0 Å². The maximum atomic E-state index is 14.3. The van der Waals surface area contributed by atoms with Crippen molar-refractivity contribution in [2.24, 2.45) is 11.8 Å². The molecule has 1 aliphatic heterocycles. The highest BCUT2D eigenvalue weighted by Crippen LogP contribution is 2.59. The third kappa shape index (κ3) is 2.33. The predicted molar refractivity (Wildman–Crippen MR) is 78.8 cm³/mol. The summed E-state index contributed by atoms with van der Waals surface area (Å²) < 4.78 is 42.1. The lowest BCUT2D eigenvalue weighted by atomic mass is 10.1. The molecule has 1 saturated heterocycles. The highest BCUT2D eigenvalue weighted by Gasteiger charge is 2.71. The second-order valence-electron chi connectivity index (χ2n) is 6.30. The Labute approximate surface area is 135 Å². The van der Waals surface area contributed by atoms with Gasteiger partial charge in [0, 0.05) is 30.5 Å². The Kier molecular flexibility index (Phi) is 3.13. The molecule has 2 aliphatic rings. The van der Waals surface area contributed by atoms with Crippen LogP contribution in [0, 0.1) is 17.7 Å². The highest BCUT2D eigenvalue weighted by atomic mass is 19.3. The van der Waals surface area contributed by atoms with E-state index in [1.54, 1.807) is 17.0 Å². The van der Waals surface area contributed by atoms with Gasteiger partial charge in [-0.1, -0.05) is 6.07 Å². The number of nitrogens with zero attached hydrogens (tertiary/aromatic N) is 3. The number of halogens is 3. The molecule has 1 aromatic heterocycles. The first-order chi connectivity index (χ1) is 11.4. The average molecular weight is 337 g/mol. The molecule has 4 rings (SSSR count). The number of anilines is 1. The summed E-state index contributed by atoms with van der Waals surface area (Å²) in [6.07, 6.45) is 2.52. The normalized spacial score (nSPS) is 24.0. The molecule has 0 bridgehead atoms. The molecule has 0 radical (unpaired) electrons. The van der Waals surface area contributed by atoms with Gasteiger partial charge in [0.1, 0.15) is 5.82 Å². The zero-order valence-corrected chi connectivity index (χ0v) is 12.5. The van der Waals surface area contributed by atoms with E-state index in [9.17, 15) is 18.0 Å². The van der Waals surface area contributed by atoms with Gasteiger partial charge in [0.05, 0.1) is 30.1 Å². The molecule has 1 aliphatic carbocycles. The van der Waals surface area contributed by atoms with Gasteiger partial charge in [0.25, 0.3) is 5.92 Å². The number of benzene rings is 1. The van der Waals surface area contributed by atoms with Gasteiger partial charge >= 0.3 is 5.97 Å². The second kappa shape index (κ2) is 4.99. The monoisotopic (exact) mass is 337 g/mol. The van der Waals surface area contributed by atoms with E-state index in [-0.39, 0.29) is 25.2 Å². The minimum absolute atomic E-state index is 0.0317. The van der Waals surface area contributed by atoms with Crippen LogP contribution in [0.1, 0.15) is 15.9 Å². The molecule has 0 amide bonds. The number of hydrogen-bond donors (Lipinski definition) is 1. The van der Waals surface area contributed by atoms with Crippen molar-refractivity contribution >= 4 is 11.7 Å². The largest absolute Gasteiger partial charge is 0.478 e. The van der Waals surface area contributed by atoms with Gasteiger partial charge in [-0.05, 0) is 12.1 Å². The number of aromatic nitrogens is 2. The van der Waals surface area contributed by atoms with Gasteiger partial charge in [-0.3, -0.25) is 4.68 Å². The second-order valence-corrected chi connectivity index (χ2v) is 6.30. The zero-order valence-electron chi connectivity index (χ0n) is 12.5. The van der Waals surface area contributed by atoms with Crippen LogP contribution in [-0.4, -0.2) is 39.9 Å². The smallest absolute Gasteiger partial charge is 0.338 e. The Bertz CT molecular complexity index is 807. The van der Waals surface area contributed by atoms with Crippen molar-refractivity contribution in [3.8, 4) is 0 Å². The maximum absolute atomic E-state index is 14.3. The van der Waals surface area contributed by atoms with E-state index in [1.807, 2.05) is 0 Å². The van der Waals surface area contributed by atoms with Gasteiger partial charge in [0.15, 0.2) is 0 Å². The summed E-state index contributed by atoms with van der Waals surface area (Å²) in [7, 11) is 0. The molecule has 1 saturated carbocycles. The lowest BCUT2D eigenvalue weighted by molar-refractivity contribution is 0.0696. The van der Waals surface area contributed by atoms with Crippen molar-refractivity contribution in [3.05, 3.63) is 47.5 Å². The summed E-state index contributed by atoms with van der Waals surface area (Å²) >= 11 is 0. The van der Waals surface area contributed by atoms with Crippen LogP contribution in [0.5, 0.6) is 0 Å². The van der Waals surface area contributed by atoms with Crippen LogP contribution in [0.4, 0.5) is 18.9 Å². The quantitative estimate of drug-likeness (QED) is 0.931. The molecular formula is C16H14F3N3O2. The lowest BCUT2D eigenvalue weighted by Gasteiger charge is -2.22. The predicted octanol–water partition coefficient (Wildman–Crippen LogP) is 2.47. The Hall–Kier alpha value is -2.51. The molecule has 0 spiro atoms. The van der Waals surface area contributed by atoms with E-state index in [0.717, 1.165) is 0 Å². The highest BCUT2D eigenvalue weighted by molar-refractivity contribution is 5.86. The van der Waals surface area contributed by atoms with E-state index in [1.165, 1.54) is 23.1 Å². The van der Waals surface area contributed by atoms with E-state index in [2.05, 4.69) is 5.10 Å². The van der Waals surface area contributed by atoms with Crippen LogP contribution in [-0.2, 0) is 6.54 Å². The van der Waals surface area contributed by atoms with Crippen LogP contribution >= 0.6 is 0 Å². The first-order valence-corrected chi connectivity index (χ1v) is 7.53.